The summed E-state index contributed by atoms with van der Waals surface area (Å²) in [6.07, 6.45) is 0.710. The summed E-state index contributed by atoms with van der Waals surface area (Å²) in [6, 6.07) is 13.0. The lowest BCUT2D eigenvalue weighted by Crippen LogP contribution is -2.56. The summed E-state index contributed by atoms with van der Waals surface area (Å²) >= 11 is 0. The first-order chi connectivity index (χ1) is 15.2. The van der Waals surface area contributed by atoms with Crippen LogP contribution in [-0.2, 0) is 37.2 Å². The first-order valence-electron chi connectivity index (χ1n) is 10.4. The van der Waals surface area contributed by atoms with Crippen LogP contribution in [0, 0.1) is 5.92 Å². The van der Waals surface area contributed by atoms with Gasteiger partial charge < -0.3 is 10.6 Å². The normalized spacial score (nSPS) is 18.0. The van der Waals surface area contributed by atoms with Crippen molar-refractivity contribution in [1.29, 1.82) is 0 Å². The van der Waals surface area contributed by atoms with E-state index in [2.05, 4.69) is 15.4 Å². The Balaban J connectivity index is 1.82. The molecule has 0 aromatic heterocycles. The summed E-state index contributed by atoms with van der Waals surface area (Å²) in [6.45, 7) is 3.70. The molecule has 2 atom stereocenters. The molecule has 0 saturated carbocycles. The van der Waals surface area contributed by atoms with E-state index in [0.29, 0.717) is 13.0 Å². The molecule has 3 N–H and O–H groups in total. The molecule has 0 spiro atoms. The number of carbonyl (C=O) groups excluding carboxylic acids is 3. The number of benzene rings is 2. The Bertz CT molecular complexity index is 1080. The van der Waals surface area contributed by atoms with Gasteiger partial charge in [0.2, 0.25) is 21.7 Å². The Morgan fingerprint density at radius 2 is 1.62 bits per heavy atom. The topological polar surface area (TPSA) is 121 Å². The molecule has 0 radical (unpaired) electrons. The van der Waals surface area contributed by atoms with Crippen molar-refractivity contribution in [2.75, 3.05) is 6.54 Å². The highest BCUT2D eigenvalue weighted by Crippen LogP contribution is 2.13. The van der Waals surface area contributed by atoms with E-state index in [1.807, 2.05) is 24.3 Å². The maximum absolute atomic E-state index is 13.1. The van der Waals surface area contributed by atoms with Gasteiger partial charge in [-0.2, -0.15) is 4.72 Å². The zero-order valence-corrected chi connectivity index (χ0v) is 18.8. The molecule has 170 valence electrons. The molecule has 2 heterocycles. The Hall–Kier alpha value is -3.04. The van der Waals surface area contributed by atoms with Crippen LogP contribution in [0.15, 0.2) is 59.5 Å². The van der Waals surface area contributed by atoms with Gasteiger partial charge in [-0.05, 0) is 35.6 Å². The van der Waals surface area contributed by atoms with E-state index in [9.17, 15) is 22.8 Å². The number of amides is 2. The van der Waals surface area contributed by atoms with Crippen molar-refractivity contribution in [1.82, 2.24) is 15.4 Å². The number of ketones is 1. The second-order valence-electron chi connectivity index (χ2n) is 8.11. The van der Waals surface area contributed by atoms with Gasteiger partial charge in [-0.25, -0.2) is 8.42 Å². The average Bonchev–Trinajstić information content (AvgIpc) is 2.81. The van der Waals surface area contributed by atoms with Crippen molar-refractivity contribution >= 4 is 27.6 Å². The molecule has 2 bridgehead atoms. The van der Waals surface area contributed by atoms with Crippen LogP contribution in [-0.4, -0.2) is 44.6 Å². The number of rotatable bonds is 6. The monoisotopic (exact) mass is 457 g/mol. The minimum absolute atomic E-state index is 0.0314. The molecule has 2 aromatic rings. The van der Waals surface area contributed by atoms with Gasteiger partial charge >= 0.3 is 0 Å². The Kier molecular flexibility index (Phi) is 7.42. The largest absolute Gasteiger partial charge is 0.349 e. The van der Waals surface area contributed by atoms with Crippen LogP contribution in [0.1, 0.15) is 25.0 Å². The highest BCUT2D eigenvalue weighted by atomic mass is 32.2. The van der Waals surface area contributed by atoms with E-state index in [1.54, 1.807) is 32.0 Å². The van der Waals surface area contributed by atoms with Crippen LogP contribution in [0.25, 0.3) is 0 Å². The van der Waals surface area contributed by atoms with Crippen LogP contribution < -0.4 is 15.4 Å². The molecule has 0 fully saturated rings. The molecule has 2 unspecified atom stereocenters. The smallest absolute Gasteiger partial charge is 0.289 e. The van der Waals surface area contributed by atoms with Crippen molar-refractivity contribution in [3.63, 3.8) is 0 Å². The number of carbonyl (C=O) groups is 3. The zero-order valence-electron chi connectivity index (χ0n) is 18.0. The third-order valence-corrected chi connectivity index (χ3v) is 6.76. The van der Waals surface area contributed by atoms with Crippen molar-refractivity contribution in [3.8, 4) is 0 Å². The zero-order chi connectivity index (χ0) is 23.3. The van der Waals surface area contributed by atoms with Gasteiger partial charge in [-0.3, -0.25) is 14.4 Å². The maximum atomic E-state index is 13.1. The number of fused-ring (bicyclic) bond motifs is 8. The van der Waals surface area contributed by atoms with E-state index in [0.717, 1.165) is 11.1 Å². The molecule has 4 rings (SSSR count). The third kappa shape index (κ3) is 5.80. The standard InChI is InChI=1S/C23H27N3O5S/c1-15(2)20(26-32(30,31)18-6-4-3-5-7-18)22(28)25-19-14-17-10-8-16(9-11-17)12-13-24-23(29)21(19)27/h3-11,15,19-20,26H,12-14H2,1-2H3,(H,24,29)(H,25,28). The van der Waals surface area contributed by atoms with Crippen LogP contribution in [0.4, 0.5) is 0 Å². The van der Waals surface area contributed by atoms with Crippen LogP contribution >= 0.6 is 0 Å². The molecule has 2 amide bonds. The number of hydrogen-bond acceptors (Lipinski definition) is 5. The second kappa shape index (κ2) is 10.1. The summed E-state index contributed by atoms with van der Waals surface area (Å²) in [5.41, 5.74) is 1.81. The molecule has 8 nitrogen and oxygen atoms in total. The van der Waals surface area contributed by atoms with E-state index >= 15 is 0 Å². The predicted octanol–water partition coefficient (Wildman–Crippen LogP) is 0.958. The van der Waals surface area contributed by atoms with Crippen LogP contribution in [0.5, 0.6) is 0 Å². The lowest BCUT2D eigenvalue weighted by Gasteiger charge is -2.25. The third-order valence-electron chi connectivity index (χ3n) is 5.30. The van der Waals surface area contributed by atoms with E-state index in [4.69, 9.17) is 0 Å². The molecule has 2 aromatic carbocycles. The van der Waals surface area contributed by atoms with Crippen molar-refractivity contribution in [3.05, 3.63) is 65.7 Å². The van der Waals surface area contributed by atoms with Gasteiger partial charge in [0.25, 0.3) is 5.91 Å². The lowest BCUT2D eigenvalue weighted by molar-refractivity contribution is -0.140. The van der Waals surface area contributed by atoms with E-state index in [-0.39, 0.29) is 11.3 Å². The lowest BCUT2D eigenvalue weighted by atomic mass is 9.99. The average molecular weight is 458 g/mol. The molecule has 0 aliphatic carbocycles. The van der Waals surface area contributed by atoms with Crippen LogP contribution in [0.2, 0.25) is 0 Å². The van der Waals surface area contributed by atoms with Crippen molar-refractivity contribution in [2.24, 2.45) is 5.92 Å². The second-order valence-corrected chi connectivity index (χ2v) is 9.82. The summed E-state index contributed by atoms with van der Waals surface area (Å²) in [7, 11) is -3.96. The SMILES string of the molecule is CC(C)C(NS(=O)(=O)c1ccccc1)C(=O)NC1Cc2ccc(cc2)CCNC(=O)C1=O. The Morgan fingerprint density at radius 3 is 2.25 bits per heavy atom. The fourth-order valence-corrected chi connectivity index (χ4v) is 4.81. The highest BCUT2D eigenvalue weighted by molar-refractivity contribution is 7.89. The Labute approximate surface area is 187 Å². The van der Waals surface area contributed by atoms with Gasteiger partial charge in [-0.1, -0.05) is 56.3 Å². The molecular weight excluding hydrogens is 430 g/mol. The number of hydrogen-bond donors (Lipinski definition) is 3. The van der Waals surface area contributed by atoms with Gasteiger partial charge in [0.05, 0.1) is 4.90 Å². The quantitative estimate of drug-likeness (QED) is 0.558. The summed E-state index contributed by atoms with van der Waals surface area (Å²) < 4.78 is 27.9. The maximum Gasteiger partial charge on any atom is 0.289 e. The minimum Gasteiger partial charge on any atom is -0.349 e. The van der Waals surface area contributed by atoms with E-state index in [1.165, 1.54) is 12.1 Å². The summed E-state index contributed by atoms with van der Waals surface area (Å²) in [4.78, 5) is 38.2. The fourth-order valence-electron chi connectivity index (χ4n) is 3.44. The van der Waals surface area contributed by atoms with Crippen LogP contribution in [0.3, 0.4) is 0 Å². The van der Waals surface area contributed by atoms with Gasteiger partial charge in [0.15, 0.2) is 0 Å². The van der Waals surface area contributed by atoms with E-state index < -0.39 is 45.6 Å². The molecule has 2 aliphatic rings. The van der Waals surface area contributed by atoms with Crippen molar-refractivity contribution in [2.45, 2.75) is 43.7 Å². The number of nitrogens with one attached hydrogen (secondary N) is 3. The molecule has 9 heteroatoms. The van der Waals surface area contributed by atoms with Crippen molar-refractivity contribution < 1.29 is 22.8 Å². The molecular formula is C23H27N3O5S. The fraction of sp³-hybridized carbons (Fsp3) is 0.348. The summed E-state index contributed by atoms with van der Waals surface area (Å²) in [5.74, 6) is -2.61. The Morgan fingerprint density at radius 1 is 1.00 bits per heavy atom. The first-order valence-corrected chi connectivity index (χ1v) is 11.9. The minimum atomic E-state index is -3.96. The number of Topliss-reactive ketones (excluding diaryl/α,β-unsaturated/α-hetero) is 1. The molecule has 32 heavy (non-hydrogen) atoms. The number of sulfonamides is 1. The first kappa shape index (κ1) is 23.6. The highest BCUT2D eigenvalue weighted by Gasteiger charge is 2.33. The summed E-state index contributed by atoms with van der Waals surface area (Å²) in [5, 5.41) is 5.18. The van der Waals surface area contributed by atoms with Gasteiger partial charge in [0, 0.05) is 13.0 Å². The predicted molar refractivity (Wildman–Crippen MR) is 119 cm³/mol. The van der Waals surface area contributed by atoms with Gasteiger partial charge in [0.1, 0.15) is 12.1 Å². The molecule has 2 aliphatic heterocycles. The molecule has 0 saturated heterocycles. The van der Waals surface area contributed by atoms with Gasteiger partial charge in [-0.15, -0.1) is 0 Å².